The fourth-order valence-electron chi connectivity index (χ4n) is 1.47. The quantitative estimate of drug-likeness (QED) is 0.484. The Hall–Kier alpha value is -2.71. The minimum atomic E-state index is -1.07. The monoisotopic (exact) mass is 270 g/mol. The smallest absolute Gasteiger partial charge is 0.321 e. The molecule has 0 bridgehead atoms. The van der Waals surface area contributed by atoms with Gasteiger partial charge in [0, 0.05) is 11.6 Å². The van der Waals surface area contributed by atoms with E-state index in [1.165, 1.54) is 0 Å². The maximum absolute atomic E-state index is 11.3. The molecule has 0 aromatic heterocycles. The number of ether oxygens (including phenoxy) is 1. The lowest BCUT2D eigenvalue weighted by Gasteiger charge is -2.05. The van der Waals surface area contributed by atoms with Gasteiger partial charge in [0.2, 0.25) is 0 Å². The SMILES string of the molecule is CCOC(=O)Cc1ccc([N+](=O)[O-])c(O)c1[N+](=O)[O-]. The molecule has 102 valence electrons. The van der Waals surface area contributed by atoms with Gasteiger partial charge in [0.1, 0.15) is 0 Å². The number of rotatable bonds is 5. The van der Waals surface area contributed by atoms with Crippen molar-refractivity contribution in [2.24, 2.45) is 0 Å². The van der Waals surface area contributed by atoms with Crippen LogP contribution in [-0.4, -0.2) is 27.5 Å². The second-order valence-electron chi connectivity index (χ2n) is 3.44. The van der Waals surface area contributed by atoms with Crippen LogP contribution in [0.25, 0.3) is 0 Å². The highest BCUT2D eigenvalue weighted by atomic mass is 16.6. The van der Waals surface area contributed by atoms with Crippen molar-refractivity contribution >= 4 is 17.3 Å². The van der Waals surface area contributed by atoms with Gasteiger partial charge in [0.25, 0.3) is 5.75 Å². The number of hydrogen-bond donors (Lipinski definition) is 1. The molecule has 0 aliphatic heterocycles. The number of phenols is 1. The summed E-state index contributed by atoms with van der Waals surface area (Å²) in [4.78, 5) is 30.7. The number of aromatic hydroxyl groups is 1. The van der Waals surface area contributed by atoms with Crippen LogP contribution in [0.15, 0.2) is 12.1 Å². The topological polar surface area (TPSA) is 133 Å². The predicted octanol–water partition coefficient (Wildman–Crippen LogP) is 1.31. The summed E-state index contributed by atoms with van der Waals surface area (Å²) >= 11 is 0. The van der Waals surface area contributed by atoms with E-state index in [1.807, 2.05) is 0 Å². The van der Waals surface area contributed by atoms with Crippen LogP contribution < -0.4 is 0 Å². The van der Waals surface area contributed by atoms with Crippen molar-refractivity contribution in [1.82, 2.24) is 0 Å². The van der Waals surface area contributed by atoms with Gasteiger partial charge in [0.15, 0.2) is 0 Å². The highest BCUT2D eigenvalue weighted by molar-refractivity contribution is 5.76. The maximum atomic E-state index is 11.3. The molecule has 0 amide bonds. The Morgan fingerprint density at radius 2 is 1.95 bits per heavy atom. The first-order chi connectivity index (χ1) is 8.88. The first-order valence-corrected chi connectivity index (χ1v) is 5.17. The molecule has 1 rings (SSSR count). The Labute approximate surface area is 106 Å². The summed E-state index contributed by atoms with van der Waals surface area (Å²) in [6.45, 7) is 1.67. The molecule has 9 nitrogen and oxygen atoms in total. The zero-order chi connectivity index (χ0) is 14.6. The Kier molecular flexibility index (Phi) is 4.35. The van der Waals surface area contributed by atoms with Gasteiger partial charge in [-0.2, -0.15) is 0 Å². The van der Waals surface area contributed by atoms with E-state index < -0.39 is 39.4 Å². The second kappa shape index (κ2) is 5.76. The third-order valence-corrected chi connectivity index (χ3v) is 2.23. The Morgan fingerprint density at radius 3 is 2.42 bits per heavy atom. The van der Waals surface area contributed by atoms with E-state index in [9.17, 15) is 30.1 Å². The number of phenolic OH excluding ortho intramolecular Hbond substituents is 1. The van der Waals surface area contributed by atoms with Crippen molar-refractivity contribution in [3.05, 3.63) is 37.9 Å². The molecular formula is C10H10N2O7. The number of nitro groups is 2. The number of carbonyl (C=O) groups excluding carboxylic acids is 1. The van der Waals surface area contributed by atoms with Gasteiger partial charge < -0.3 is 9.84 Å². The lowest BCUT2D eigenvalue weighted by Crippen LogP contribution is -2.09. The molecule has 1 N–H and O–H groups in total. The van der Waals surface area contributed by atoms with E-state index >= 15 is 0 Å². The summed E-state index contributed by atoms with van der Waals surface area (Å²) in [5.74, 6) is -1.80. The van der Waals surface area contributed by atoms with E-state index in [0.717, 1.165) is 12.1 Å². The second-order valence-corrected chi connectivity index (χ2v) is 3.44. The molecule has 0 fully saturated rings. The summed E-state index contributed by atoms with van der Waals surface area (Å²) in [5.41, 5.74) is -1.80. The third-order valence-electron chi connectivity index (χ3n) is 2.23. The summed E-state index contributed by atoms with van der Waals surface area (Å²) in [5, 5.41) is 30.9. The molecule has 1 aromatic carbocycles. The highest BCUT2D eigenvalue weighted by Gasteiger charge is 2.29. The van der Waals surface area contributed by atoms with Crippen molar-refractivity contribution in [2.45, 2.75) is 13.3 Å². The van der Waals surface area contributed by atoms with E-state index in [-0.39, 0.29) is 12.2 Å². The average molecular weight is 270 g/mol. The average Bonchev–Trinajstić information content (AvgIpc) is 2.28. The Bertz CT molecular complexity index is 541. The highest BCUT2D eigenvalue weighted by Crippen LogP contribution is 2.38. The predicted molar refractivity (Wildman–Crippen MR) is 61.8 cm³/mol. The van der Waals surface area contributed by atoms with Gasteiger partial charge in [-0.05, 0) is 13.0 Å². The molecule has 0 heterocycles. The molecule has 1 aromatic rings. The number of esters is 1. The van der Waals surface area contributed by atoms with Crippen molar-refractivity contribution < 1.29 is 24.5 Å². The standard InChI is InChI=1S/C10H10N2O7/c1-2-19-8(13)5-6-3-4-7(11(15)16)10(14)9(6)12(17)18/h3-4,14H,2,5H2,1H3. The van der Waals surface area contributed by atoms with Gasteiger partial charge in [-0.15, -0.1) is 0 Å². The zero-order valence-corrected chi connectivity index (χ0v) is 9.86. The van der Waals surface area contributed by atoms with Crippen LogP contribution in [0, 0.1) is 20.2 Å². The number of nitro benzene ring substituents is 2. The summed E-state index contributed by atoms with van der Waals surface area (Å²) in [6, 6.07) is 1.95. The van der Waals surface area contributed by atoms with E-state index in [2.05, 4.69) is 4.74 Å². The van der Waals surface area contributed by atoms with E-state index in [4.69, 9.17) is 0 Å². The van der Waals surface area contributed by atoms with Crippen LogP contribution in [0.5, 0.6) is 5.75 Å². The van der Waals surface area contributed by atoms with Crippen LogP contribution in [0.1, 0.15) is 12.5 Å². The van der Waals surface area contributed by atoms with Crippen LogP contribution in [0.3, 0.4) is 0 Å². The van der Waals surface area contributed by atoms with Crippen molar-refractivity contribution in [3.8, 4) is 5.75 Å². The first kappa shape index (κ1) is 14.4. The molecule has 0 unspecified atom stereocenters. The minimum Gasteiger partial charge on any atom is -0.497 e. The molecule has 0 saturated carbocycles. The van der Waals surface area contributed by atoms with Gasteiger partial charge >= 0.3 is 17.3 Å². The minimum absolute atomic E-state index is 0.103. The Morgan fingerprint density at radius 1 is 1.32 bits per heavy atom. The van der Waals surface area contributed by atoms with Crippen LogP contribution in [0.2, 0.25) is 0 Å². The number of nitrogens with zero attached hydrogens (tertiary/aromatic N) is 2. The van der Waals surface area contributed by atoms with Crippen molar-refractivity contribution in [1.29, 1.82) is 0 Å². The van der Waals surface area contributed by atoms with Gasteiger partial charge in [-0.1, -0.05) is 0 Å². The zero-order valence-electron chi connectivity index (χ0n) is 9.86. The fraction of sp³-hybridized carbons (Fsp3) is 0.300. The van der Waals surface area contributed by atoms with Crippen LogP contribution in [0.4, 0.5) is 11.4 Å². The van der Waals surface area contributed by atoms with E-state index in [1.54, 1.807) is 6.92 Å². The Balaban J connectivity index is 3.26. The third kappa shape index (κ3) is 3.15. The molecule has 0 aliphatic carbocycles. The van der Waals surface area contributed by atoms with Crippen LogP contribution >= 0.6 is 0 Å². The summed E-state index contributed by atoms with van der Waals surface area (Å²) < 4.78 is 4.62. The van der Waals surface area contributed by atoms with Gasteiger partial charge in [-0.25, -0.2) is 0 Å². The van der Waals surface area contributed by atoms with Gasteiger partial charge in [-0.3, -0.25) is 25.0 Å². The molecule has 0 radical (unpaired) electrons. The molecule has 0 atom stereocenters. The van der Waals surface area contributed by atoms with Gasteiger partial charge in [0.05, 0.1) is 22.9 Å². The molecule has 0 spiro atoms. The largest absolute Gasteiger partial charge is 0.497 e. The fourth-order valence-corrected chi connectivity index (χ4v) is 1.47. The summed E-state index contributed by atoms with van der Waals surface area (Å²) in [6.07, 6.45) is -0.449. The molecule has 0 saturated heterocycles. The van der Waals surface area contributed by atoms with Crippen LogP contribution in [-0.2, 0) is 16.0 Å². The first-order valence-electron chi connectivity index (χ1n) is 5.17. The normalized spacial score (nSPS) is 9.95. The lowest BCUT2D eigenvalue weighted by molar-refractivity contribution is -0.396. The molecular weight excluding hydrogens is 260 g/mol. The molecule has 9 heteroatoms. The summed E-state index contributed by atoms with van der Waals surface area (Å²) in [7, 11) is 0. The molecule has 0 aliphatic rings. The molecule has 19 heavy (non-hydrogen) atoms. The number of carbonyl (C=O) groups is 1. The number of hydrogen-bond acceptors (Lipinski definition) is 7. The van der Waals surface area contributed by atoms with E-state index in [0.29, 0.717) is 0 Å². The van der Waals surface area contributed by atoms with Crippen molar-refractivity contribution in [2.75, 3.05) is 6.61 Å². The van der Waals surface area contributed by atoms with Crippen molar-refractivity contribution in [3.63, 3.8) is 0 Å². The maximum Gasteiger partial charge on any atom is 0.321 e. The lowest BCUT2D eigenvalue weighted by atomic mass is 10.1. The number of benzene rings is 1.